The Bertz CT molecular complexity index is 1270. The zero-order valence-corrected chi connectivity index (χ0v) is 21.6. The fourth-order valence-electron chi connectivity index (χ4n) is 3.81. The highest BCUT2D eigenvalue weighted by atomic mass is 79.9. The molecule has 2 heterocycles. The first-order chi connectivity index (χ1) is 16.4. The molecule has 0 unspecified atom stereocenters. The lowest BCUT2D eigenvalue weighted by atomic mass is 10.2. The molecule has 0 spiro atoms. The van der Waals surface area contributed by atoms with Crippen molar-refractivity contribution in [2.45, 2.75) is 20.8 Å². The Hall–Kier alpha value is -2.68. The van der Waals surface area contributed by atoms with Gasteiger partial charge < -0.3 is 9.30 Å². The third kappa shape index (κ3) is 5.19. The van der Waals surface area contributed by atoms with Crippen LogP contribution in [0, 0.1) is 19.7 Å². The van der Waals surface area contributed by atoms with Crippen molar-refractivity contribution < 1.29 is 13.9 Å². The van der Waals surface area contributed by atoms with Crippen LogP contribution in [-0.4, -0.2) is 40.3 Å². The number of rotatable bonds is 7. The van der Waals surface area contributed by atoms with E-state index in [1.807, 2.05) is 73.9 Å². The second-order valence-electron chi connectivity index (χ2n) is 7.75. The van der Waals surface area contributed by atoms with E-state index in [1.165, 1.54) is 17.8 Å². The van der Waals surface area contributed by atoms with E-state index in [4.69, 9.17) is 9.73 Å². The van der Waals surface area contributed by atoms with Crippen molar-refractivity contribution in [3.05, 3.63) is 86.7 Å². The van der Waals surface area contributed by atoms with Gasteiger partial charge in [0.2, 0.25) is 0 Å². The average Bonchev–Trinajstić information content (AvgIpc) is 3.25. The van der Waals surface area contributed by atoms with Crippen molar-refractivity contribution >= 4 is 50.5 Å². The number of aromatic nitrogens is 1. The fraction of sp³-hybridized carbons (Fsp3) is 0.231. The molecule has 1 fully saturated rings. The van der Waals surface area contributed by atoms with Gasteiger partial charge >= 0.3 is 0 Å². The van der Waals surface area contributed by atoms with Crippen molar-refractivity contribution in [2.75, 3.05) is 19.8 Å². The van der Waals surface area contributed by atoms with Gasteiger partial charge in [-0.2, -0.15) is 0 Å². The van der Waals surface area contributed by atoms with Gasteiger partial charge in [0.25, 0.3) is 5.91 Å². The van der Waals surface area contributed by atoms with Gasteiger partial charge in [-0.15, -0.1) is 0 Å². The number of halogens is 2. The van der Waals surface area contributed by atoms with E-state index in [9.17, 15) is 9.18 Å². The summed E-state index contributed by atoms with van der Waals surface area (Å²) in [6, 6.07) is 16.5. The predicted octanol–water partition coefficient (Wildman–Crippen LogP) is 6.64. The molecular weight excluding hydrogens is 517 g/mol. The predicted molar refractivity (Wildman–Crippen MR) is 140 cm³/mol. The summed E-state index contributed by atoms with van der Waals surface area (Å²) in [6.45, 7) is 7.22. The fourth-order valence-corrected chi connectivity index (χ4v) is 5.16. The smallest absolute Gasteiger partial charge is 0.266 e. The van der Waals surface area contributed by atoms with Crippen LogP contribution < -0.4 is 0 Å². The molecule has 1 saturated heterocycles. The van der Waals surface area contributed by atoms with E-state index in [2.05, 4.69) is 15.9 Å². The highest BCUT2D eigenvalue weighted by molar-refractivity contribution is 9.10. The van der Waals surface area contributed by atoms with Gasteiger partial charge in [0.1, 0.15) is 5.82 Å². The SMILES string of the molecule is CCOCCN1C(=O)/C(=C/c2cc(C)n(-c3ccc(Br)cc3F)c2C)SC1=Nc1ccccc1. The first kappa shape index (κ1) is 24.4. The number of aryl methyl sites for hydroxylation is 1. The average molecular weight is 542 g/mol. The van der Waals surface area contributed by atoms with Crippen LogP contribution in [0.1, 0.15) is 23.9 Å². The molecule has 0 atom stereocenters. The standard InChI is InChI=1S/C26H25BrFN3O2S/c1-4-33-13-12-30-25(32)24(34-26(30)29-21-8-6-5-7-9-21)15-19-14-17(2)31(18(19)3)23-11-10-20(27)16-22(23)28/h5-11,14-16H,4,12-13H2,1-3H3/b24-15-,29-26?. The third-order valence-corrected chi connectivity index (χ3v) is 6.94. The summed E-state index contributed by atoms with van der Waals surface area (Å²) < 4.78 is 22.7. The van der Waals surface area contributed by atoms with Crippen LogP contribution >= 0.6 is 27.7 Å². The van der Waals surface area contributed by atoms with E-state index < -0.39 is 0 Å². The number of carbonyl (C=O) groups is 1. The van der Waals surface area contributed by atoms with Crippen LogP contribution in [0.5, 0.6) is 0 Å². The number of para-hydroxylation sites is 1. The van der Waals surface area contributed by atoms with Gasteiger partial charge in [-0.05, 0) is 80.6 Å². The molecule has 4 rings (SSSR count). The molecule has 0 bridgehead atoms. The number of nitrogens with zero attached hydrogens (tertiary/aromatic N) is 3. The highest BCUT2D eigenvalue weighted by Gasteiger charge is 2.33. The largest absolute Gasteiger partial charge is 0.380 e. The maximum Gasteiger partial charge on any atom is 0.266 e. The molecule has 34 heavy (non-hydrogen) atoms. The summed E-state index contributed by atoms with van der Waals surface area (Å²) in [5, 5.41) is 0.620. The Morgan fingerprint density at radius 3 is 2.62 bits per heavy atom. The number of thioether (sulfide) groups is 1. The summed E-state index contributed by atoms with van der Waals surface area (Å²) in [5.41, 5.74) is 3.85. The molecule has 0 N–H and O–H groups in total. The normalized spacial score (nSPS) is 16.3. The number of hydrogen-bond acceptors (Lipinski definition) is 4. The van der Waals surface area contributed by atoms with Crippen LogP contribution in [0.15, 0.2) is 69.0 Å². The second kappa shape index (κ2) is 10.7. The number of benzene rings is 2. The van der Waals surface area contributed by atoms with Gasteiger partial charge in [0.15, 0.2) is 5.17 Å². The molecule has 0 saturated carbocycles. The number of amides is 1. The molecule has 176 valence electrons. The molecule has 8 heteroatoms. The number of hydrogen-bond donors (Lipinski definition) is 0. The van der Waals surface area contributed by atoms with Crippen LogP contribution in [-0.2, 0) is 9.53 Å². The summed E-state index contributed by atoms with van der Waals surface area (Å²) in [7, 11) is 0. The second-order valence-corrected chi connectivity index (χ2v) is 9.68. The van der Waals surface area contributed by atoms with E-state index in [0.717, 1.165) is 22.6 Å². The Labute approximate surface area is 211 Å². The minimum absolute atomic E-state index is 0.112. The Balaban J connectivity index is 1.70. The van der Waals surface area contributed by atoms with Crippen LogP contribution in [0.4, 0.5) is 10.1 Å². The van der Waals surface area contributed by atoms with Gasteiger partial charge in [-0.3, -0.25) is 9.69 Å². The lowest BCUT2D eigenvalue weighted by Gasteiger charge is -2.15. The Morgan fingerprint density at radius 1 is 1.15 bits per heavy atom. The van der Waals surface area contributed by atoms with Crippen LogP contribution in [0.2, 0.25) is 0 Å². The minimum atomic E-state index is -0.318. The summed E-state index contributed by atoms with van der Waals surface area (Å²) in [5.74, 6) is -0.430. The first-order valence-electron chi connectivity index (χ1n) is 11.0. The molecule has 1 aliphatic heterocycles. The van der Waals surface area contributed by atoms with Crippen LogP contribution in [0.25, 0.3) is 11.8 Å². The maximum absolute atomic E-state index is 14.7. The van der Waals surface area contributed by atoms with Crippen molar-refractivity contribution in [1.29, 1.82) is 0 Å². The van der Waals surface area contributed by atoms with Crippen molar-refractivity contribution in [2.24, 2.45) is 4.99 Å². The lowest BCUT2D eigenvalue weighted by molar-refractivity contribution is -0.122. The minimum Gasteiger partial charge on any atom is -0.380 e. The van der Waals surface area contributed by atoms with Crippen molar-refractivity contribution in [3.8, 4) is 5.69 Å². The van der Waals surface area contributed by atoms with Gasteiger partial charge in [0.05, 0.1) is 29.4 Å². The Kier molecular flexibility index (Phi) is 7.70. The molecule has 0 radical (unpaired) electrons. The quantitative estimate of drug-likeness (QED) is 0.249. The molecule has 2 aromatic carbocycles. The molecule has 1 amide bonds. The number of carbonyl (C=O) groups excluding carboxylic acids is 1. The number of aliphatic imine (C=N–C) groups is 1. The topological polar surface area (TPSA) is 46.8 Å². The van der Waals surface area contributed by atoms with Crippen LogP contribution in [0.3, 0.4) is 0 Å². The molecule has 1 aromatic heterocycles. The van der Waals surface area contributed by atoms with E-state index >= 15 is 0 Å². The molecule has 0 aliphatic carbocycles. The molecular formula is C26H25BrFN3O2S. The lowest BCUT2D eigenvalue weighted by Crippen LogP contribution is -2.32. The zero-order valence-electron chi connectivity index (χ0n) is 19.2. The van der Waals surface area contributed by atoms with Gasteiger partial charge in [-0.1, -0.05) is 34.1 Å². The first-order valence-corrected chi connectivity index (χ1v) is 12.6. The summed E-state index contributed by atoms with van der Waals surface area (Å²) >= 11 is 4.65. The summed E-state index contributed by atoms with van der Waals surface area (Å²) in [4.78, 5) is 20.2. The highest BCUT2D eigenvalue weighted by Crippen LogP contribution is 2.35. The van der Waals surface area contributed by atoms with Gasteiger partial charge in [-0.25, -0.2) is 9.38 Å². The number of ether oxygens (including phenoxy) is 1. The monoisotopic (exact) mass is 541 g/mol. The third-order valence-electron chi connectivity index (χ3n) is 5.44. The Morgan fingerprint density at radius 2 is 1.91 bits per heavy atom. The summed E-state index contributed by atoms with van der Waals surface area (Å²) in [6.07, 6.45) is 1.86. The van der Waals surface area contributed by atoms with Gasteiger partial charge in [0, 0.05) is 22.5 Å². The molecule has 5 nitrogen and oxygen atoms in total. The molecule has 1 aliphatic rings. The van der Waals surface area contributed by atoms with E-state index in [1.54, 1.807) is 11.0 Å². The van der Waals surface area contributed by atoms with Crippen molar-refractivity contribution in [1.82, 2.24) is 9.47 Å². The molecule has 3 aromatic rings. The van der Waals surface area contributed by atoms with E-state index in [-0.39, 0.29) is 11.7 Å². The maximum atomic E-state index is 14.7. The zero-order chi connectivity index (χ0) is 24.2. The van der Waals surface area contributed by atoms with Crippen molar-refractivity contribution in [3.63, 3.8) is 0 Å². The van der Waals surface area contributed by atoms with E-state index in [0.29, 0.717) is 40.0 Å². The number of amidine groups is 1.